The van der Waals surface area contributed by atoms with Crippen LogP contribution < -0.4 is 14.9 Å². The number of carboxylic acid groups (broad SMARTS) is 2. The monoisotopic (exact) mass is 928 g/mol. The molecule has 6 rings (SSSR count). The van der Waals surface area contributed by atoms with Crippen molar-refractivity contribution in [2.24, 2.45) is 0 Å². The molecule has 10 N–H and O–H groups in total. The Labute approximate surface area is 369 Å². The smallest absolute Gasteiger partial charge is 0.330 e. The molecule has 0 radical (unpaired) electrons. The van der Waals surface area contributed by atoms with E-state index >= 15 is 0 Å². The largest absolute Gasteiger partial charge is 0.508 e. The van der Waals surface area contributed by atoms with Crippen molar-refractivity contribution in [1.29, 1.82) is 0 Å². The number of rotatable bonds is 16. The van der Waals surface area contributed by atoms with Crippen LogP contribution in [-0.4, -0.2) is 156 Å². The van der Waals surface area contributed by atoms with Gasteiger partial charge in [0.15, 0.2) is 34.5 Å². The van der Waals surface area contributed by atoms with Gasteiger partial charge in [0.1, 0.15) is 86.0 Å². The fraction of sp³-hybridized carbons (Fsp3) is 0.333. The van der Waals surface area contributed by atoms with Crippen LogP contribution >= 0.6 is 0 Å². The highest BCUT2D eigenvalue weighted by molar-refractivity contribution is 5.91. The molecule has 0 spiro atoms. The molecule has 4 aliphatic rings. The van der Waals surface area contributed by atoms with Gasteiger partial charge >= 0.3 is 29.8 Å². The summed E-state index contributed by atoms with van der Waals surface area (Å²) in [4.78, 5) is 72.1. The van der Waals surface area contributed by atoms with E-state index < -0.39 is 140 Å². The lowest BCUT2D eigenvalue weighted by molar-refractivity contribution is -0.282. The summed E-state index contributed by atoms with van der Waals surface area (Å²) in [5, 5.41) is 102. The molecule has 2 fully saturated rings. The van der Waals surface area contributed by atoms with Gasteiger partial charge in [-0.1, -0.05) is 6.07 Å². The number of carbonyl (C=O) groups excluding carboxylic acids is 3. The van der Waals surface area contributed by atoms with E-state index in [0.717, 1.165) is 24.3 Å². The summed E-state index contributed by atoms with van der Waals surface area (Å²) < 4.78 is 44.5. The predicted octanol–water partition coefficient (Wildman–Crippen LogP) is -0.799. The highest BCUT2D eigenvalue weighted by atomic mass is 16.7. The maximum atomic E-state index is 13.0. The van der Waals surface area contributed by atoms with Gasteiger partial charge < -0.3 is 88.6 Å². The minimum Gasteiger partial charge on any atom is -0.508 e. The van der Waals surface area contributed by atoms with Gasteiger partial charge in [-0.3, -0.25) is 24.0 Å². The molecule has 66 heavy (non-hydrogen) atoms. The van der Waals surface area contributed by atoms with Crippen molar-refractivity contribution >= 4 is 35.9 Å². The molecule has 2 saturated heterocycles. The number of carboxylic acids is 2. The number of fused-ring (bicyclic) bond motifs is 1. The average molecular weight is 929 g/mol. The first-order valence-electron chi connectivity index (χ1n) is 19.4. The molecule has 0 unspecified atom stereocenters. The van der Waals surface area contributed by atoms with E-state index in [0.29, 0.717) is 5.56 Å². The van der Waals surface area contributed by atoms with E-state index in [-0.39, 0.29) is 34.1 Å². The van der Waals surface area contributed by atoms with Crippen molar-refractivity contribution < 1.29 is 113 Å². The maximum absolute atomic E-state index is 13.0. The Morgan fingerprint density at radius 3 is 1.92 bits per heavy atom. The first-order chi connectivity index (χ1) is 31.3. The molecular formula is C42H40O24. The van der Waals surface area contributed by atoms with Crippen LogP contribution in [-0.2, 0) is 47.7 Å². The zero-order chi connectivity index (χ0) is 48.0. The van der Waals surface area contributed by atoms with Crippen LogP contribution in [0.25, 0.3) is 28.7 Å². The Morgan fingerprint density at radius 1 is 0.636 bits per heavy atom. The second-order valence-corrected chi connectivity index (χ2v) is 14.6. The van der Waals surface area contributed by atoms with Crippen molar-refractivity contribution in [1.82, 2.24) is 0 Å². The third-order valence-electron chi connectivity index (χ3n) is 9.78. The van der Waals surface area contributed by atoms with Crippen LogP contribution in [0.2, 0.25) is 0 Å². The van der Waals surface area contributed by atoms with Crippen LogP contribution in [0, 0.1) is 0 Å². The van der Waals surface area contributed by atoms with Gasteiger partial charge in [-0.25, -0.2) is 4.79 Å². The molecule has 352 valence electrons. The van der Waals surface area contributed by atoms with Gasteiger partial charge in [0.25, 0.3) is 0 Å². The molecule has 2 aromatic carbocycles. The highest BCUT2D eigenvalue weighted by Crippen LogP contribution is 2.43. The van der Waals surface area contributed by atoms with Gasteiger partial charge in [0.05, 0.1) is 5.56 Å². The van der Waals surface area contributed by atoms with E-state index in [2.05, 4.69) is 0 Å². The first-order valence-corrected chi connectivity index (χ1v) is 19.4. The number of esters is 3. The van der Waals surface area contributed by atoms with Gasteiger partial charge in [0.2, 0.25) is 12.6 Å². The van der Waals surface area contributed by atoms with E-state index in [9.17, 15) is 69.6 Å². The van der Waals surface area contributed by atoms with Crippen molar-refractivity contribution in [3.05, 3.63) is 82.5 Å². The van der Waals surface area contributed by atoms with E-state index in [4.69, 9.17) is 47.8 Å². The fourth-order valence-corrected chi connectivity index (χ4v) is 6.53. The molecule has 1 aliphatic carbocycles. The predicted molar refractivity (Wildman–Crippen MR) is 212 cm³/mol. The topological polar surface area (TPSA) is 382 Å². The van der Waals surface area contributed by atoms with E-state index in [1.807, 2.05) is 0 Å². The van der Waals surface area contributed by atoms with Crippen LogP contribution in [0.15, 0.2) is 76.0 Å². The van der Waals surface area contributed by atoms with Crippen molar-refractivity contribution in [2.45, 2.75) is 74.3 Å². The molecule has 3 aliphatic heterocycles. The maximum Gasteiger partial charge on any atom is 0.330 e. The minimum atomic E-state index is -2.16. The quantitative estimate of drug-likeness (QED) is 0.0216. The SMILES string of the molecule is O=C(O)CC(=O)OC[C@H]1O[C@@H](Oc2cc(=O)cc3oc(-c4ccc(O)cc4)c(O[C@@H]4O[C@H](COC(=O)C=Cc5ccc(O)c(O)c5)[C@@H](O)[C@H](O)[C@H]4O)cc2-3)[C@H](O)[C@@H](O)[C@@H]1OC(=O)CC(=O)O. The Kier molecular flexibility index (Phi) is 15.1. The molecule has 3 heterocycles. The summed E-state index contributed by atoms with van der Waals surface area (Å²) in [5.74, 6) is -9.10. The minimum absolute atomic E-state index is 0.151. The van der Waals surface area contributed by atoms with Crippen LogP contribution in [0.5, 0.6) is 28.7 Å². The van der Waals surface area contributed by atoms with Crippen LogP contribution in [0.3, 0.4) is 0 Å². The molecule has 0 amide bonds. The van der Waals surface area contributed by atoms with Crippen molar-refractivity contribution in [3.8, 4) is 51.4 Å². The number of ether oxygens (including phenoxy) is 7. The molecule has 24 heteroatoms. The Hall–Kier alpha value is -7.32. The summed E-state index contributed by atoms with van der Waals surface area (Å²) in [6.07, 6.45) is -19.3. The number of carbonyl (C=O) groups is 5. The number of hydrogen-bond donors (Lipinski definition) is 10. The summed E-state index contributed by atoms with van der Waals surface area (Å²) in [5.41, 5.74) is -0.428. The fourth-order valence-electron chi connectivity index (χ4n) is 6.53. The Morgan fingerprint density at radius 2 is 1.26 bits per heavy atom. The number of aliphatic carboxylic acids is 2. The Balaban J connectivity index is 1.30. The number of phenols is 3. The third-order valence-corrected chi connectivity index (χ3v) is 9.78. The summed E-state index contributed by atoms with van der Waals surface area (Å²) in [6, 6.07) is 12.1. The Bertz CT molecular complexity index is 2480. The lowest BCUT2D eigenvalue weighted by Crippen LogP contribution is -2.61. The number of aliphatic hydroxyl groups is 5. The lowest BCUT2D eigenvalue weighted by Gasteiger charge is -2.41. The van der Waals surface area contributed by atoms with Crippen LogP contribution in [0.4, 0.5) is 0 Å². The summed E-state index contributed by atoms with van der Waals surface area (Å²) >= 11 is 0. The van der Waals surface area contributed by atoms with Gasteiger partial charge in [-0.15, -0.1) is 0 Å². The second-order valence-electron chi connectivity index (χ2n) is 14.6. The summed E-state index contributed by atoms with van der Waals surface area (Å²) in [7, 11) is 0. The van der Waals surface area contributed by atoms with Gasteiger partial charge in [-0.2, -0.15) is 0 Å². The third kappa shape index (κ3) is 11.7. The first kappa shape index (κ1) is 48.1. The van der Waals surface area contributed by atoms with E-state index in [1.54, 1.807) is 0 Å². The highest BCUT2D eigenvalue weighted by Gasteiger charge is 2.49. The molecule has 2 aromatic rings. The molecular weight excluding hydrogens is 888 g/mol. The standard InChI is InChI=1S/C42H40O24/c43-19-5-3-18(4-6-19)39-26(63-41-37(57)35(55)34(54)27(64-41)15-59-31(51)8-2-17-1-7-22(45)23(46)9-17)12-21-24(61-39)10-20(44)11-25(21)62-42-38(58)36(56)40(66-33(53)14-30(49)50)28(65-42)16-60-32(52)13-29(47)48/h1-12,27-28,34-38,40-43,45-46,54-58H,13-16H2,(H,47,48)(H,49,50)/t27-,28-,34-,35+,36-,37-,38-,40-,41-,42-/m1/s1. The van der Waals surface area contributed by atoms with Gasteiger partial charge in [-0.05, 0) is 54.1 Å². The van der Waals surface area contributed by atoms with Crippen molar-refractivity contribution in [3.63, 3.8) is 0 Å². The normalized spacial score (nSPS) is 25.2. The number of benzene rings is 3. The zero-order valence-corrected chi connectivity index (χ0v) is 33.7. The number of phenolic OH excluding ortho intramolecular Hbond substituents is 3. The number of aromatic hydroxyl groups is 3. The average Bonchev–Trinajstić information content (AvgIpc) is 3.25. The van der Waals surface area contributed by atoms with Gasteiger partial charge in [0, 0.05) is 23.8 Å². The molecule has 0 aromatic heterocycles. The number of hydrogen-bond acceptors (Lipinski definition) is 22. The molecule has 0 saturated carbocycles. The molecule has 24 nitrogen and oxygen atoms in total. The van der Waals surface area contributed by atoms with Crippen molar-refractivity contribution in [2.75, 3.05) is 13.2 Å². The molecule has 10 atom stereocenters. The number of aliphatic hydroxyl groups excluding tert-OH is 5. The van der Waals surface area contributed by atoms with E-state index in [1.165, 1.54) is 48.5 Å². The lowest BCUT2D eigenvalue weighted by atomic mass is 9.98. The molecule has 0 bridgehead atoms. The zero-order valence-electron chi connectivity index (χ0n) is 33.7. The second kappa shape index (κ2) is 20.7. The summed E-state index contributed by atoms with van der Waals surface area (Å²) in [6.45, 7) is -1.64. The van der Waals surface area contributed by atoms with Crippen LogP contribution in [0.1, 0.15) is 18.4 Å².